The van der Waals surface area contributed by atoms with E-state index in [1.807, 2.05) is 0 Å². The molecule has 1 aliphatic rings. The number of imidazole rings is 1. The van der Waals surface area contributed by atoms with Gasteiger partial charge in [-0.2, -0.15) is 0 Å². The molecule has 1 N–H and O–H groups in total. The van der Waals surface area contributed by atoms with Gasteiger partial charge in [-0.1, -0.05) is 0 Å². The van der Waals surface area contributed by atoms with Crippen LogP contribution in [0.1, 0.15) is 23.6 Å². The molecule has 2 aromatic rings. The van der Waals surface area contributed by atoms with Crippen molar-refractivity contribution in [3.63, 3.8) is 0 Å². The fourth-order valence-corrected chi connectivity index (χ4v) is 2.28. The van der Waals surface area contributed by atoms with Crippen LogP contribution < -0.4 is 5.56 Å². The fourth-order valence-electron chi connectivity index (χ4n) is 2.28. The Bertz CT molecular complexity index is 806. The molecule has 0 amide bonds. The van der Waals surface area contributed by atoms with Crippen molar-refractivity contribution < 1.29 is 9.31 Å². The molecule has 0 fully saturated rings. The number of hydrogen-bond acceptors (Lipinski definition) is 4. The van der Waals surface area contributed by atoms with Crippen molar-refractivity contribution in [3.8, 4) is 0 Å². The predicted octanol–water partition coefficient (Wildman–Crippen LogP) is 1.78. The normalized spacial score (nSPS) is 13.7. The highest BCUT2D eigenvalue weighted by Crippen LogP contribution is 2.22. The molecule has 0 saturated carbocycles. The Kier molecular flexibility index (Phi) is 3.13. The molecular formula is C13H11FN4O3. The lowest BCUT2D eigenvalue weighted by atomic mass is 10.1. The minimum Gasteiger partial charge on any atom is -0.344 e. The maximum Gasteiger partial charge on any atom is 0.334 e. The van der Waals surface area contributed by atoms with Gasteiger partial charge in [-0.3, -0.25) is 14.9 Å². The van der Waals surface area contributed by atoms with Gasteiger partial charge in [0.05, 0.1) is 17.2 Å². The van der Waals surface area contributed by atoms with E-state index in [4.69, 9.17) is 0 Å². The van der Waals surface area contributed by atoms with E-state index in [9.17, 15) is 19.3 Å². The van der Waals surface area contributed by atoms with Crippen LogP contribution in [0, 0.1) is 10.1 Å². The number of aromatic nitrogens is 3. The Hall–Kier alpha value is -2.77. The number of fused-ring (bicyclic) bond motifs is 1. The minimum absolute atomic E-state index is 0.0724. The maximum absolute atomic E-state index is 13.2. The standard InChI is InChI=1S/C13H11FN4O3/c14-8-3-4-9-10(6-8)16-12(15-9)7-17-5-1-2-11(13(17)19)18(20)21/h1-2,5-6H,3-4,7H2,(H,15,16). The molecule has 0 spiro atoms. The number of H-pyrrole nitrogens is 1. The molecule has 3 rings (SSSR count). The maximum atomic E-state index is 13.2. The van der Waals surface area contributed by atoms with Crippen LogP contribution in [0.15, 0.2) is 29.0 Å². The molecular weight excluding hydrogens is 279 g/mol. The number of allylic oxidation sites excluding steroid dienone is 1. The van der Waals surface area contributed by atoms with Crippen molar-refractivity contribution in [2.45, 2.75) is 19.4 Å². The number of nitro groups is 1. The van der Waals surface area contributed by atoms with Crippen molar-refractivity contribution in [2.24, 2.45) is 0 Å². The summed E-state index contributed by atoms with van der Waals surface area (Å²) >= 11 is 0. The number of pyridine rings is 1. The molecule has 0 atom stereocenters. The van der Waals surface area contributed by atoms with Gasteiger partial charge in [-0.25, -0.2) is 9.37 Å². The van der Waals surface area contributed by atoms with Crippen molar-refractivity contribution in [2.75, 3.05) is 0 Å². The average molecular weight is 290 g/mol. The summed E-state index contributed by atoms with van der Waals surface area (Å²) < 4.78 is 14.4. The monoisotopic (exact) mass is 290 g/mol. The lowest BCUT2D eigenvalue weighted by Gasteiger charge is -2.04. The third kappa shape index (κ3) is 2.47. The Morgan fingerprint density at radius 3 is 3.05 bits per heavy atom. The van der Waals surface area contributed by atoms with E-state index in [0.717, 1.165) is 11.8 Å². The van der Waals surface area contributed by atoms with Gasteiger partial charge in [-0.15, -0.1) is 0 Å². The largest absolute Gasteiger partial charge is 0.344 e. The summed E-state index contributed by atoms with van der Waals surface area (Å²) in [6, 6.07) is 2.59. The van der Waals surface area contributed by atoms with Gasteiger partial charge >= 0.3 is 11.2 Å². The van der Waals surface area contributed by atoms with Crippen LogP contribution in [0.2, 0.25) is 0 Å². The smallest absolute Gasteiger partial charge is 0.334 e. The molecule has 7 nitrogen and oxygen atoms in total. The van der Waals surface area contributed by atoms with Crippen LogP contribution >= 0.6 is 0 Å². The quantitative estimate of drug-likeness (QED) is 0.688. The van der Waals surface area contributed by atoms with Gasteiger partial charge in [0.1, 0.15) is 11.7 Å². The van der Waals surface area contributed by atoms with Crippen LogP contribution in [0.4, 0.5) is 10.1 Å². The molecule has 0 aliphatic heterocycles. The number of halogens is 1. The van der Waals surface area contributed by atoms with Gasteiger partial charge in [-0.05, 0) is 18.6 Å². The first kappa shape index (κ1) is 13.2. The van der Waals surface area contributed by atoms with Gasteiger partial charge in [0.25, 0.3) is 0 Å². The van der Waals surface area contributed by atoms with Gasteiger partial charge in [0, 0.05) is 24.4 Å². The van der Waals surface area contributed by atoms with Crippen LogP contribution in [0.5, 0.6) is 0 Å². The highest BCUT2D eigenvalue weighted by atomic mass is 19.1. The summed E-state index contributed by atoms with van der Waals surface area (Å²) in [6.07, 6.45) is 3.65. The van der Waals surface area contributed by atoms with E-state index in [1.54, 1.807) is 0 Å². The highest BCUT2D eigenvalue weighted by molar-refractivity contribution is 5.52. The summed E-state index contributed by atoms with van der Waals surface area (Å²) in [5.41, 5.74) is 0.149. The fraction of sp³-hybridized carbons (Fsp3) is 0.231. The summed E-state index contributed by atoms with van der Waals surface area (Å²) in [6.45, 7) is 0.0724. The number of aryl methyl sites for hydroxylation is 1. The molecule has 108 valence electrons. The first-order chi connectivity index (χ1) is 10.0. The summed E-state index contributed by atoms with van der Waals surface area (Å²) in [5.74, 6) is 0.238. The number of rotatable bonds is 3. The number of hydrogen-bond donors (Lipinski definition) is 1. The Morgan fingerprint density at radius 2 is 2.29 bits per heavy atom. The van der Waals surface area contributed by atoms with E-state index in [2.05, 4.69) is 9.97 Å². The molecule has 8 heteroatoms. The zero-order valence-electron chi connectivity index (χ0n) is 10.9. The van der Waals surface area contributed by atoms with Crippen LogP contribution in [-0.4, -0.2) is 19.5 Å². The molecule has 0 radical (unpaired) electrons. The SMILES string of the molecule is O=c1c([N+](=O)[O-])cccn1Cc1nc2c([nH]1)CCC(F)=C2. The molecule has 21 heavy (non-hydrogen) atoms. The lowest BCUT2D eigenvalue weighted by molar-refractivity contribution is -0.386. The second-order valence-electron chi connectivity index (χ2n) is 4.72. The topological polar surface area (TPSA) is 93.8 Å². The first-order valence-electron chi connectivity index (χ1n) is 6.32. The highest BCUT2D eigenvalue weighted by Gasteiger charge is 2.17. The summed E-state index contributed by atoms with van der Waals surface area (Å²) in [5, 5.41) is 10.7. The number of nitrogens with zero attached hydrogens (tertiary/aromatic N) is 3. The van der Waals surface area contributed by atoms with E-state index in [-0.39, 0.29) is 12.4 Å². The van der Waals surface area contributed by atoms with E-state index < -0.39 is 16.2 Å². The Labute approximate surface area is 117 Å². The second-order valence-corrected chi connectivity index (χ2v) is 4.72. The number of nitrogens with one attached hydrogen (secondary N) is 1. The Morgan fingerprint density at radius 1 is 1.48 bits per heavy atom. The minimum atomic E-state index is -0.718. The second kappa shape index (κ2) is 4.97. The predicted molar refractivity (Wildman–Crippen MR) is 72.5 cm³/mol. The third-order valence-corrected chi connectivity index (χ3v) is 3.28. The third-order valence-electron chi connectivity index (χ3n) is 3.28. The number of aromatic amines is 1. The van der Waals surface area contributed by atoms with E-state index in [1.165, 1.54) is 22.9 Å². The molecule has 2 aromatic heterocycles. The van der Waals surface area contributed by atoms with Crippen LogP contribution in [0.25, 0.3) is 6.08 Å². The average Bonchev–Trinajstić information content (AvgIpc) is 2.82. The molecule has 0 bridgehead atoms. The van der Waals surface area contributed by atoms with E-state index in [0.29, 0.717) is 24.4 Å². The van der Waals surface area contributed by atoms with Crippen LogP contribution in [-0.2, 0) is 13.0 Å². The van der Waals surface area contributed by atoms with Crippen molar-refractivity contribution in [3.05, 3.63) is 61.8 Å². The van der Waals surface area contributed by atoms with Gasteiger partial charge in [0.15, 0.2) is 0 Å². The van der Waals surface area contributed by atoms with Crippen molar-refractivity contribution in [1.29, 1.82) is 0 Å². The van der Waals surface area contributed by atoms with Crippen LogP contribution in [0.3, 0.4) is 0 Å². The molecule has 0 saturated heterocycles. The van der Waals surface area contributed by atoms with Crippen molar-refractivity contribution >= 4 is 11.8 Å². The Balaban J connectivity index is 1.93. The van der Waals surface area contributed by atoms with E-state index >= 15 is 0 Å². The molecule has 1 aliphatic carbocycles. The first-order valence-corrected chi connectivity index (χ1v) is 6.32. The summed E-state index contributed by atoms with van der Waals surface area (Å²) in [7, 11) is 0. The summed E-state index contributed by atoms with van der Waals surface area (Å²) in [4.78, 5) is 29.2. The molecule has 2 heterocycles. The lowest BCUT2D eigenvalue weighted by Crippen LogP contribution is -2.22. The zero-order valence-corrected chi connectivity index (χ0v) is 10.9. The van der Waals surface area contributed by atoms with Crippen molar-refractivity contribution in [1.82, 2.24) is 14.5 Å². The molecule has 0 unspecified atom stereocenters. The zero-order chi connectivity index (χ0) is 15.0. The molecule has 0 aromatic carbocycles. The van der Waals surface area contributed by atoms with Gasteiger partial charge < -0.3 is 9.55 Å². The van der Waals surface area contributed by atoms with Gasteiger partial charge in [0.2, 0.25) is 0 Å².